The zero-order valence-electron chi connectivity index (χ0n) is 9.47. The topological polar surface area (TPSA) is 72.7 Å². The lowest BCUT2D eigenvalue weighted by Gasteiger charge is -2.28. The normalized spacial score (nSPS) is 21.6. The largest absolute Gasteiger partial charge is 0.504 e. The van der Waals surface area contributed by atoms with E-state index in [1.54, 1.807) is 6.07 Å². The third kappa shape index (κ3) is 3.34. The molecule has 1 fully saturated rings. The Morgan fingerprint density at radius 2 is 1.94 bits per heavy atom. The van der Waals surface area contributed by atoms with Crippen molar-refractivity contribution in [1.29, 1.82) is 0 Å². The molecule has 5 heteroatoms. The van der Waals surface area contributed by atoms with Crippen LogP contribution in [0.15, 0.2) is 18.2 Å². The van der Waals surface area contributed by atoms with Crippen LogP contribution in [-0.4, -0.2) is 27.9 Å². The predicted octanol–water partition coefficient (Wildman–Crippen LogP) is 1.85. The summed E-state index contributed by atoms with van der Waals surface area (Å²) in [7, 11) is 0. The highest BCUT2D eigenvalue weighted by molar-refractivity contribution is 8.93. The molecule has 0 aliphatic carbocycles. The van der Waals surface area contributed by atoms with Crippen LogP contribution in [0.3, 0.4) is 0 Å². The molecule has 4 N–H and O–H groups in total. The van der Waals surface area contributed by atoms with E-state index in [0.29, 0.717) is 5.56 Å². The van der Waals surface area contributed by atoms with Gasteiger partial charge in [-0.2, -0.15) is 0 Å². The number of phenolic OH excluding ortho intramolecular Hbond substituents is 2. The Bertz CT molecular complexity index is 367. The van der Waals surface area contributed by atoms with Gasteiger partial charge in [0.15, 0.2) is 11.5 Å². The first-order chi connectivity index (χ1) is 7.68. The first-order valence-electron chi connectivity index (χ1n) is 5.62. The van der Waals surface area contributed by atoms with Gasteiger partial charge in [-0.05, 0) is 37.1 Å². The molecule has 0 radical (unpaired) electrons. The van der Waals surface area contributed by atoms with Crippen molar-refractivity contribution in [3.63, 3.8) is 0 Å². The summed E-state index contributed by atoms with van der Waals surface area (Å²) in [6.07, 6.45) is 2.55. The van der Waals surface area contributed by atoms with E-state index < -0.39 is 6.10 Å². The molecular formula is C12H18BrNO3. The number of piperidine rings is 1. The summed E-state index contributed by atoms with van der Waals surface area (Å²) in [5.74, 6) is -0.347. The van der Waals surface area contributed by atoms with Crippen LogP contribution >= 0.6 is 17.0 Å². The molecule has 1 saturated heterocycles. The number of aromatic hydroxyl groups is 2. The van der Waals surface area contributed by atoms with Crippen LogP contribution in [0.1, 0.15) is 30.9 Å². The Hall–Kier alpha value is -0.780. The molecule has 0 amide bonds. The molecule has 0 aromatic heterocycles. The van der Waals surface area contributed by atoms with Crippen molar-refractivity contribution < 1.29 is 15.3 Å². The number of nitrogens with one attached hydrogen (secondary N) is 1. The van der Waals surface area contributed by atoms with E-state index in [1.165, 1.54) is 12.1 Å². The molecule has 0 saturated carbocycles. The van der Waals surface area contributed by atoms with E-state index >= 15 is 0 Å². The third-order valence-corrected chi connectivity index (χ3v) is 3.07. The van der Waals surface area contributed by atoms with Gasteiger partial charge in [0.1, 0.15) is 0 Å². The number of benzene rings is 1. The molecule has 1 heterocycles. The highest BCUT2D eigenvalue weighted by Gasteiger charge is 2.23. The second-order valence-electron chi connectivity index (χ2n) is 4.25. The van der Waals surface area contributed by atoms with Gasteiger partial charge in [0.25, 0.3) is 0 Å². The van der Waals surface area contributed by atoms with Crippen molar-refractivity contribution in [2.24, 2.45) is 0 Å². The molecule has 0 unspecified atom stereocenters. The van der Waals surface area contributed by atoms with Gasteiger partial charge in [0.05, 0.1) is 6.10 Å². The number of hydrogen-bond donors (Lipinski definition) is 4. The molecule has 4 nitrogen and oxygen atoms in total. The average Bonchev–Trinajstić information content (AvgIpc) is 2.33. The standard InChI is InChI=1S/C12H17NO3.BrH/c14-10-5-4-8(7-11(10)15)12(16)9-3-1-2-6-13-9;/h4-5,7,9,12-16H,1-3,6H2;1H/t9-,12+;/m0./s1. The maximum absolute atomic E-state index is 10.1. The molecule has 0 bridgehead atoms. The first-order valence-corrected chi connectivity index (χ1v) is 5.62. The van der Waals surface area contributed by atoms with Crippen LogP contribution in [0.25, 0.3) is 0 Å². The van der Waals surface area contributed by atoms with Crippen LogP contribution in [0, 0.1) is 0 Å². The highest BCUT2D eigenvalue weighted by atomic mass is 79.9. The average molecular weight is 304 g/mol. The maximum Gasteiger partial charge on any atom is 0.157 e. The van der Waals surface area contributed by atoms with Gasteiger partial charge < -0.3 is 20.6 Å². The van der Waals surface area contributed by atoms with Gasteiger partial charge in [-0.25, -0.2) is 0 Å². The summed E-state index contributed by atoms with van der Waals surface area (Å²) in [6.45, 7) is 0.922. The zero-order valence-corrected chi connectivity index (χ0v) is 11.2. The Labute approximate surface area is 111 Å². The van der Waals surface area contributed by atoms with E-state index in [2.05, 4.69) is 5.32 Å². The maximum atomic E-state index is 10.1. The number of rotatable bonds is 2. The first kappa shape index (κ1) is 14.3. The quantitative estimate of drug-likeness (QED) is 0.629. The van der Waals surface area contributed by atoms with Gasteiger partial charge in [-0.1, -0.05) is 12.5 Å². The smallest absolute Gasteiger partial charge is 0.157 e. The number of phenols is 2. The number of halogens is 1. The zero-order chi connectivity index (χ0) is 11.5. The molecule has 17 heavy (non-hydrogen) atoms. The molecular weight excluding hydrogens is 286 g/mol. The second kappa shape index (κ2) is 6.23. The van der Waals surface area contributed by atoms with Crippen molar-refractivity contribution in [2.75, 3.05) is 6.54 Å². The molecule has 96 valence electrons. The number of aliphatic hydroxyl groups is 1. The Morgan fingerprint density at radius 3 is 2.53 bits per heavy atom. The lowest BCUT2D eigenvalue weighted by molar-refractivity contribution is 0.113. The molecule has 1 aliphatic heterocycles. The molecule has 1 aromatic rings. The van der Waals surface area contributed by atoms with Gasteiger partial charge in [0, 0.05) is 6.04 Å². The summed E-state index contributed by atoms with van der Waals surface area (Å²) in [5.41, 5.74) is 0.634. The third-order valence-electron chi connectivity index (χ3n) is 3.07. The summed E-state index contributed by atoms with van der Waals surface area (Å²) in [4.78, 5) is 0. The van der Waals surface area contributed by atoms with Crippen LogP contribution < -0.4 is 5.32 Å². The molecule has 2 atom stereocenters. The minimum absolute atomic E-state index is 0. The monoisotopic (exact) mass is 303 g/mol. The van der Waals surface area contributed by atoms with Gasteiger partial charge in [-0.15, -0.1) is 17.0 Å². The molecule has 0 spiro atoms. The highest BCUT2D eigenvalue weighted by Crippen LogP contribution is 2.30. The molecule has 1 aliphatic rings. The lowest BCUT2D eigenvalue weighted by atomic mass is 9.95. The van der Waals surface area contributed by atoms with Crippen LogP contribution in [0.4, 0.5) is 0 Å². The van der Waals surface area contributed by atoms with Crippen LogP contribution in [-0.2, 0) is 0 Å². The number of aliphatic hydroxyl groups excluding tert-OH is 1. The summed E-state index contributed by atoms with van der Waals surface area (Å²) in [5, 5.41) is 31.9. The summed E-state index contributed by atoms with van der Waals surface area (Å²) < 4.78 is 0. The van der Waals surface area contributed by atoms with Gasteiger partial charge >= 0.3 is 0 Å². The minimum Gasteiger partial charge on any atom is -0.504 e. The van der Waals surface area contributed by atoms with Crippen molar-refractivity contribution in [2.45, 2.75) is 31.4 Å². The fourth-order valence-corrected chi connectivity index (χ4v) is 2.11. The van der Waals surface area contributed by atoms with Gasteiger partial charge in [-0.3, -0.25) is 0 Å². The predicted molar refractivity (Wildman–Crippen MR) is 70.7 cm³/mol. The van der Waals surface area contributed by atoms with E-state index in [0.717, 1.165) is 25.8 Å². The van der Waals surface area contributed by atoms with Crippen LogP contribution in [0.5, 0.6) is 11.5 Å². The Morgan fingerprint density at radius 1 is 1.18 bits per heavy atom. The fraction of sp³-hybridized carbons (Fsp3) is 0.500. The van der Waals surface area contributed by atoms with Crippen LogP contribution in [0.2, 0.25) is 0 Å². The van der Waals surface area contributed by atoms with Crippen molar-refractivity contribution in [3.8, 4) is 11.5 Å². The van der Waals surface area contributed by atoms with Gasteiger partial charge in [0.2, 0.25) is 0 Å². The molecule has 2 rings (SSSR count). The van der Waals surface area contributed by atoms with E-state index in [1.807, 2.05) is 0 Å². The Balaban J connectivity index is 0.00000144. The van der Waals surface area contributed by atoms with Crippen molar-refractivity contribution in [1.82, 2.24) is 5.32 Å². The fourth-order valence-electron chi connectivity index (χ4n) is 2.11. The lowest BCUT2D eigenvalue weighted by Crippen LogP contribution is -2.38. The van der Waals surface area contributed by atoms with Crippen molar-refractivity contribution >= 4 is 17.0 Å². The number of hydrogen-bond acceptors (Lipinski definition) is 4. The summed E-state index contributed by atoms with van der Waals surface area (Å²) >= 11 is 0. The van der Waals surface area contributed by atoms with E-state index in [4.69, 9.17) is 0 Å². The second-order valence-corrected chi connectivity index (χ2v) is 4.25. The SMILES string of the molecule is Br.Oc1ccc([C@@H](O)[C@@H]2CCCCN2)cc1O. The van der Waals surface area contributed by atoms with Crippen molar-refractivity contribution in [3.05, 3.63) is 23.8 Å². The van der Waals surface area contributed by atoms with E-state index in [-0.39, 0.29) is 34.5 Å². The van der Waals surface area contributed by atoms with E-state index in [9.17, 15) is 15.3 Å². The minimum atomic E-state index is -0.633. The summed E-state index contributed by atoms with van der Waals surface area (Å²) in [6, 6.07) is 4.49. The molecule has 1 aromatic carbocycles. The Kier molecular flexibility index (Phi) is 5.24.